The summed E-state index contributed by atoms with van der Waals surface area (Å²) >= 11 is 12.0. The van der Waals surface area contributed by atoms with E-state index >= 15 is 0 Å². The number of benzene rings is 3. The van der Waals surface area contributed by atoms with Crippen LogP contribution in [0, 0.1) is 5.82 Å². The molecule has 1 aliphatic rings. The van der Waals surface area contributed by atoms with Gasteiger partial charge in [-0.05, 0) is 66.9 Å². The van der Waals surface area contributed by atoms with E-state index in [1.807, 2.05) is 6.07 Å². The molecule has 9 heteroatoms. The molecule has 1 heterocycles. The molecule has 176 valence electrons. The number of anilines is 3. The quantitative estimate of drug-likeness (QED) is 0.371. The fourth-order valence-corrected chi connectivity index (χ4v) is 4.24. The van der Waals surface area contributed by atoms with Crippen LogP contribution in [0.25, 0.3) is 0 Å². The van der Waals surface area contributed by atoms with Crippen LogP contribution in [-0.4, -0.2) is 25.0 Å². The highest BCUT2D eigenvalue weighted by molar-refractivity contribution is 6.36. The predicted octanol–water partition coefficient (Wildman–Crippen LogP) is 6.31. The van der Waals surface area contributed by atoms with Crippen LogP contribution in [0.15, 0.2) is 60.7 Å². The van der Waals surface area contributed by atoms with E-state index < -0.39 is 6.03 Å². The van der Waals surface area contributed by atoms with Crippen molar-refractivity contribution in [1.29, 1.82) is 0 Å². The molecule has 1 aliphatic heterocycles. The van der Waals surface area contributed by atoms with Crippen molar-refractivity contribution < 1.29 is 14.0 Å². The minimum absolute atomic E-state index is 0.256. The minimum Gasteiger partial charge on any atom is -0.371 e. The Morgan fingerprint density at radius 3 is 2.35 bits per heavy atom. The van der Waals surface area contributed by atoms with Crippen LogP contribution in [0.3, 0.4) is 0 Å². The van der Waals surface area contributed by atoms with Crippen LogP contribution < -0.4 is 20.9 Å². The molecule has 0 saturated carbocycles. The number of hydrogen-bond acceptors (Lipinski definition) is 3. The second-order valence-corrected chi connectivity index (χ2v) is 8.78. The third-order valence-corrected chi connectivity index (χ3v) is 6.04. The van der Waals surface area contributed by atoms with Crippen molar-refractivity contribution in [3.8, 4) is 0 Å². The summed E-state index contributed by atoms with van der Waals surface area (Å²) in [6, 6.07) is 15.5. The first kappa shape index (κ1) is 23.9. The van der Waals surface area contributed by atoms with Crippen molar-refractivity contribution in [2.24, 2.45) is 0 Å². The maximum absolute atomic E-state index is 13.2. The van der Waals surface area contributed by atoms with Gasteiger partial charge in [0.1, 0.15) is 5.82 Å². The zero-order chi connectivity index (χ0) is 24.1. The molecule has 1 saturated heterocycles. The SMILES string of the molecule is O=C(Nc1ccc(N2CCCC2)c(C(=O)NCc2ccc(F)cc2)c1)Nc1ccc(Cl)cc1Cl. The number of amides is 3. The summed E-state index contributed by atoms with van der Waals surface area (Å²) in [5.41, 5.74) is 2.91. The van der Waals surface area contributed by atoms with E-state index in [9.17, 15) is 14.0 Å². The van der Waals surface area contributed by atoms with Crippen molar-refractivity contribution >= 4 is 52.2 Å². The topological polar surface area (TPSA) is 73.5 Å². The lowest BCUT2D eigenvalue weighted by molar-refractivity contribution is 0.0951. The van der Waals surface area contributed by atoms with E-state index in [0.717, 1.165) is 37.2 Å². The number of nitrogens with zero attached hydrogens (tertiary/aromatic N) is 1. The zero-order valence-corrected chi connectivity index (χ0v) is 19.7. The monoisotopic (exact) mass is 500 g/mol. The molecule has 3 aromatic carbocycles. The van der Waals surface area contributed by atoms with Crippen molar-refractivity contribution in [2.45, 2.75) is 19.4 Å². The molecule has 0 aromatic heterocycles. The highest BCUT2D eigenvalue weighted by atomic mass is 35.5. The normalized spacial score (nSPS) is 13.0. The van der Waals surface area contributed by atoms with E-state index in [2.05, 4.69) is 20.9 Å². The highest BCUT2D eigenvalue weighted by Gasteiger charge is 2.20. The van der Waals surface area contributed by atoms with Gasteiger partial charge in [0, 0.05) is 36.0 Å². The number of carbonyl (C=O) groups is 2. The largest absolute Gasteiger partial charge is 0.371 e. The summed E-state index contributed by atoms with van der Waals surface area (Å²) in [5, 5.41) is 9.08. The molecule has 3 amide bonds. The molecule has 6 nitrogen and oxygen atoms in total. The lowest BCUT2D eigenvalue weighted by Gasteiger charge is -2.22. The standard InChI is InChI=1S/C25H23Cl2FN4O2/c26-17-5-9-22(21(27)13-17)31-25(34)30-19-8-10-23(32-11-1-2-12-32)20(14-19)24(33)29-15-16-3-6-18(28)7-4-16/h3-10,13-14H,1-2,11-12,15H2,(H,29,33)(H2,30,31,34). The first-order valence-electron chi connectivity index (χ1n) is 10.8. The van der Waals surface area contributed by atoms with Crippen LogP contribution >= 0.6 is 23.2 Å². The lowest BCUT2D eigenvalue weighted by atomic mass is 10.1. The van der Waals surface area contributed by atoms with E-state index in [1.165, 1.54) is 18.2 Å². The summed E-state index contributed by atoms with van der Waals surface area (Å²) in [6.45, 7) is 1.98. The molecule has 0 unspecified atom stereocenters. The fraction of sp³-hybridized carbons (Fsp3) is 0.200. The van der Waals surface area contributed by atoms with Crippen LogP contribution in [0.4, 0.5) is 26.2 Å². The van der Waals surface area contributed by atoms with Gasteiger partial charge in [-0.25, -0.2) is 9.18 Å². The Morgan fingerprint density at radius 2 is 1.65 bits per heavy atom. The third kappa shape index (κ3) is 5.98. The molecule has 0 radical (unpaired) electrons. The van der Waals surface area contributed by atoms with Gasteiger partial charge in [-0.2, -0.15) is 0 Å². The summed E-state index contributed by atoms with van der Waals surface area (Å²) < 4.78 is 13.2. The molecule has 0 aliphatic carbocycles. The summed E-state index contributed by atoms with van der Waals surface area (Å²) in [7, 11) is 0. The average Bonchev–Trinajstić information content (AvgIpc) is 3.35. The van der Waals surface area contributed by atoms with Gasteiger partial charge in [0.2, 0.25) is 0 Å². The Kier molecular flexibility index (Phi) is 7.55. The van der Waals surface area contributed by atoms with Gasteiger partial charge >= 0.3 is 6.03 Å². The van der Waals surface area contributed by atoms with Gasteiger partial charge < -0.3 is 20.9 Å². The third-order valence-electron chi connectivity index (χ3n) is 5.49. The van der Waals surface area contributed by atoms with Gasteiger partial charge in [-0.3, -0.25) is 4.79 Å². The highest BCUT2D eigenvalue weighted by Crippen LogP contribution is 2.29. The van der Waals surface area contributed by atoms with Gasteiger partial charge in [-0.1, -0.05) is 35.3 Å². The fourth-order valence-electron chi connectivity index (χ4n) is 3.78. The van der Waals surface area contributed by atoms with Crippen LogP contribution in [-0.2, 0) is 6.54 Å². The number of urea groups is 1. The van der Waals surface area contributed by atoms with Gasteiger partial charge in [0.05, 0.1) is 16.3 Å². The van der Waals surface area contributed by atoms with E-state index in [0.29, 0.717) is 27.0 Å². The summed E-state index contributed by atoms with van der Waals surface area (Å²) in [4.78, 5) is 27.8. The Hall–Kier alpha value is -3.29. The van der Waals surface area contributed by atoms with E-state index in [1.54, 1.807) is 36.4 Å². The Morgan fingerprint density at radius 1 is 0.912 bits per heavy atom. The molecule has 0 atom stereocenters. The molecule has 0 bridgehead atoms. The molecule has 34 heavy (non-hydrogen) atoms. The smallest absolute Gasteiger partial charge is 0.323 e. The van der Waals surface area contributed by atoms with Crippen molar-refractivity contribution in [1.82, 2.24) is 5.32 Å². The van der Waals surface area contributed by atoms with Crippen molar-refractivity contribution in [2.75, 3.05) is 28.6 Å². The number of carbonyl (C=O) groups excluding carboxylic acids is 2. The van der Waals surface area contributed by atoms with Crippen LogP contribution in [0.1, 0.15) is 28.8 Å². The molecule has 0 spiro atoms. The van der Waals surface area contributed by atoms with Gasteiger partial charge in [-0.15, -0.1) is 0 Å². The number of hydrogen-bond donors (Lipinski definition) is 3. The predicted molar refractivity (Wildman–Crippen MR) is 135 cm³/mol. The second kappa shape index (κ2) is 10.8. The first-order chi connectivity index (χ1) is 16.4. The average molecular weight is 501 g/mol. The molecule has 3 aromatic rings. The van der Waals surface area contributed by atoms with Gasteiger partial charge in [0.25, 0.3) is 5.91 Å². The van der Waals surface area contributed by atoms with E-state index in [-0.39, 0.29) is 18.3 Å². The van der Waals surface area contributed by atoms with Crippen LogP contribution in [0.5, 0.6) is 0 Å². The molecule has 3 N–H and O–H groups in total. The maximum Gasteiger partial charge on any atom is 0.323 e. The Bertz CT molecular complexity index is 1200. The lowest BCUT2D eigenvalue weighted by Crippen LogP contribution is -2.27. The molecule has 4 rings (SSSR count). The van der Waals surface area contributed by atoms with E-state index in [4.69, 9.17) is 23.2 Å². The summed E-state index contributed by atoms with van der Waals surface area (Å²) in [6.07, 6.45) is 2.11. The maximum atomic E-state index is 13.2. The van der Waals surface area contributed by atoms with Crippen LogP contribution in [0.2, 0.25) is 10.0 Å². The first-order valence-corrected chi connectivity index (χ1v) is 11.6. The number of halogens is 3. The Labute approximate surface area is 207 Å². The zero-order valence-electron chi connectivity index (χ0n) is 18.2. The summed E-state index contributed by atoms with van der Waals surface area (Å²) in [5.74, 6) is -0.612. The minimum atomic E-state index is -0.504. The van der Waals surface area contributed by atoms with Crippen molar-refractivity contribution in [3.05, 3.63) is 87.7 Å². The van der Waals surface area contributed by atoms with Crippen molar-refractivity contribution in [3.63, 3.8) is 0 Å². The Balaban J connectivity index is 1.50. The second-order valence-electron chi connectivity index (χ2n) is 7.94. The molecule has 1 fully saturated rings. The molecular formula is C25H23Cl2FN4O2. The number of nitrogens with one attached hydrogen (secondary N) is 3. The number of rotatable bonds is 6. The van der Waals surface area contributed by atoms with Gasteiger partial charge in [0.15, 0.2) is 0 Å². The molecular weight excluding hydrogens is 478 g/mol.